The highest BCUT2D eigenvalue weighted by molar-refractivity contribution is 7.09. The number of unbranched alkanes of at least 4 members (excludes halogenated alkanes) is 1. The van der Waals surface area contributed by atoms with Crippen LogP contribution in [0, 0.1) is 0 Å². The molecule has 4 heterocycles. The Labute approximate surface area is 179 Å². The molecule has 0 spiro atoms. The lowest BCUT2D eigenvalue weighted by Crippen LogP contribution is -2.36. The molecular formula is C23H23N5OS. The van der Waals surface area contributed by atoms with Gasteiger partial charge in [-0.05, 0) is 43.0 Å². The van der Waals surface area contributed by atoms with Gasteiger partial charge in [-0.2, -0.15) is 0 Å². The lowest BCUT2D eigenvalue weighted by Gasteiger charge is -2.27. The van der Waals surface area contributed by atoms with Gasteiger partial charge in [-0.3, -0.25) is 9.78 Å². The lowest BCUT2D eigenvalue weighted by molar-refractivity contribution is 0.0728. The van der Waals surface area contributed by atoms with Gasteiger partial charge in [0.15, 0.2) is 0 Å². The molecule has 1 aromatic carbocycles. The number of imidazole rings is 1. The number of thiazole rings is 1. The molecule has 5 rings (SSSR count). The summed E-state index contributed by atoms with van der Waals surface area (Å²) in [7, 11) is 0. The fourth-order valence-electron chi connectivity index (χ4n) is 3.92. The highest BCUT2D eigenvalue weighted by Gasteiger charge is 2.23. The second-order valence-corrected chi connectivity index (χ2v) is 8.56. The topological polar surface area (TPSA) is 74.8 Å². The number of aromatic amines is 1. The summed E-state index contributed by atoms with van der Waals surface area (Å²) in [4.78, 5) is 31.8. The van der Waals surface area contributed by atoms with Crippen LogP contribution in [-0.4, -0.2) is 37.3 Å². The Hall–Kier alpha value is -3.06. The number of hydrogen-bond donors (Lipinski definition) is 1. The standard InChI is InChI=1S/C23H23N5OS/c29-23(28-13-11-17-16(14-28)6-5-12-24-17)20-15-30-22(27-20)10-4-3-9-21-25-18-7-1-2-8-19(18)26-21/h1-2,5-8,12,15H,3-4,9-11,13-14H2,(H,25,26). The van der Waals surface area contributed by atoms with Gasteiger partial charge in [0.2, 0.25) is 0 Å². The second-order valence-electron chi connectivity index (χ2n) is 7.62. The summed E-state index contributed by atoms with van der Waals surface area (Å²) in [5.74, 6) is 1.06. The largest absolute Gasteiger partial charge is 0.342 e. The molecule has 4 aromatic rings. The van der Waals surface area contributed by atoms with E-state index in [4.69, 9.17) is 0 Å². The first-order valence-electron chi connectivity index (χ1n) is 10.4. The van der Waals surface area contributed by atoms with Gasteiger partial charge in [0.05, 0.1) is 16.0 Å². The molecule has 3 aromatic heterocycles. The zero-order valence-corrected chi connectivity index (χ0v) is 17.5. The zero-order chi connectivity index (χ0) is 20.3. The molecule has 30 heavy (non-hydrogen) atoms. The highest BCUT2D eigenvalue weighted by atomic mass is 32.1. The summed E-state index contributed by atoms with van der Waals surface area (Å²) in [5.41, 5.74) is 4.92. The fourth-order valence-corrected chi connectivity index (χ4v) is 4.73. The number of nitrogens with one attached hydrogen (secondary N) is 1. The number of carbonyl (C=O) groups is 1. The van der Waals surface area contributed by atoms with Gasteiger partial charge in [-0.25, -0.2) is 9.97 Å². The van der Waals surface area contributed by atoms with Crippen LogP contribution >= 0.6 is 11.3 Å². The summed E-state index contributed by atoms with van der Waals surface area (Å²) in [6.07, 6.45) is 6.51. The molecule has 1 N–H and O–H groups in total. The molecule has 1 amide bonds. The van der Waals surface area contributed by atoms with E-state index < -0.39 is 0 Å². The third-order valence-corrected chi connectivity index (χ3v) is 6.42. The van der Waals surface area contributed by atoms with Crippen molar-refractivity contribution in [3.05, 3.63) is 75.8 Å². The van der Waals surface area contributed by atoms with Crippen molar-refractivity contribution in [2.75, 3.05) is 6.54 Å². The van der Waals surface area contributed by atoms with Gasteiger partial charge in [0.25, 0.3) is 5.91 Å². The molecule has 0 atom stereocenters. The molecule has 0 aliphatic carbocycles. The first-order valence-corrected chi connectivity index (χ1v) is 11.2. The van der Waals surface area contributed by atoms with Crippen LogP contribution in [0.15, 0.2) is 48.0 Å². The number of nitrogens with zero attached hydrogens (tertiary/aromatic N) is 4. The van der Waals surface area contributed by atoms with Gasteiger partial charge in [-0.1, -0.05) is 18.2 Å². The molecule has 152 valence electrons. The molecule has 0 saturated heterocycles. The number of hydrogen-bond acceptors (Lipinski definition) is 5. The molecule has 0 radical (unpaired) electrons. The number of rotatable bonds is 6. The third kappa shape index (κ3) is 3.98. The van der Waals surface area contributed by atoms with Gasteiger partial charge < -0.3 is 9.88 Å². The number of amides is 1. The van der Waals surface area contributed by atoms with Crippen molar-refractivity contribution < 1.29 is 4.79 Å². The predicted octanol–water partition coefficient (Wildman–Crippen LogP) is 4.18. The Kier molecular flexibility index (Phi) is 5.27. The van der Waals surface area contributed by atoms with E-state index in [1.54, 1.807) is 11.3 Å². The highest BCUT2D eigenvalue weighted by Crippen LogP contribution is 2.20. The quantitative estimate of drug-likeness (QED) is 0.478. The average molecular weight is 418 g/mol. The van der Waals surface area contributed by atoms with Crippen molar-refractivity contribution in [1.29, 1.82) is 0 Å². The predicted molar refractivity (Wildman–Crippen MR) is 118 cm³/mol. The number of H-pyrrole nitrogens is 1. The first-order chi connectivity index (χ1) is 14.8. The van der Waals surface area contributed by atoms with E-state index in [0.717, 1.165) is 65.2 Å². The molecule has 6 nitrogen and oxygen atoms in total. The molecule has 0 unspecified atom stereocenters. The van der Waals surface area contributed by atoms with Crippen LogP contribution in [0.5, 0.6) is 0 Å². The minimum Gasteiger partial charge on any atom is -0.342 e. The molecule has 0 bridgehead atoms. The fraction of sp³-hybridized carbons (Fsp3) is 0.304. The van der Waals surface area contributed by atoms with Crippen molar-refractivity contribution in [2.45, 2.75) is 38.6 Å². The van der Waals surface area contributed by atoms with Gasteiger partial charge in [0, 0.05) is 43.2 Å². The summed E-state index contributed by atoms with van der Waals surface area (Å²) in [6.45, 7) is 1.32. The number of carbonyl (C=O) groups excluding carboxylic acids is 1. The summed E-state index contributed by atoms with van der Waals surface area (Å²) < 4.78 is 0. The smallest absolute Gasteiger partial charge is 0.273 e. The Morgan fingerprint density at radius 2 is 2.00 bits per heavy atom. The maximum Gasteiger partial charge on any atom is 0.273 e. The Balaban J connectivity index is 1.13. The van der Waals surface area contributed by atoms with Crippen molar-refractivity contribution in [3.8, 4) is 0 Å². The van der Waals surface area contributed by atoms with E-state index in [-0.39, 0.29) is 5.91 Å². The van der Waals surface area contributed by atoms with E-state index in [2.05, 4.69) is 32.1 Å². The molecule has 0 fully saturated rings. The van der Waals surface area contributed by atoms with E-state index in [9.17, 15) is 4.79 Å². The van der Waals surface area contributed by atoms with Crippen LogP contribution in [0.3, 0.4) is 0 Å². The second kappa shape index (κ2) is 8.36. The minimum absolute atomic E-state index is 0.0225. The molecule has 7 heteroatoms. The zero-order valence-electron chi connectivity index (χ0n) is 16.7. The van der Waals surface area contributed by atoms with Crippen LogP contribution in [-0.2, 0) is 25.8 Å². The molecular weight excluding hydrogens is 394 g/mol. The van der Waals surface area contributed by atoms with Crippen molar-refractivity contribution in [3.63, 3.8) is 0 Å². The summed E-state index contributed by atoms with van der Waals surface area (Å²) in [6, 6.07) is 12.1. The monoisotopic (exact) mass is 417 g/mol. The van der Waals surface area contributed by atoms with Gasteiger partial charge in [-0.15, -0.1) is 11.3 Å². The number of pyridine rings is 1. The summed E-state index contributed by atoms with van der Waals surface area (Å²) in [5, 5.41) is 2.93. The Morgan fingerprint density at radius 1 is 1.10 bits per heavy atom. The molecule has 0 saturated carbocycles. The minimum atomic E-state index is 0.0225. The lowest BCUT2D eigenvalue weighted by atomic mass is 10.1. The van der Waals surface area contributed by atoms with Crippen molar-refractivity contribution in [2.24, 2.45) is 0 Å². The van der Waals surface area contributed by atoms with Crippen molar-refractivity contribution in [1.82, 2.24) is 24.8 Å². The van der Waals surface area contributed by atoms with Gasteiger partial charge >= 0.3 is 0 Å². The van der Waals surface area contributed by atoms with E-state index in [0.29, 0.717) is 18.8 Å². The van der Waals surface area contributed by atoms with Crippen LogP contribution in [0.2, 0.25) is 0 Å². The number of aryl methyl sites for hydroxylation is 2. The van der Waals surface area contributed by atoms with Crippen LogP contribution in [0.25, 0.3) is 11.0 Å². The number of aromatic nitrogens is 4. The van der Waals surface area contributed by atoms with Crippen molar-refractivity contribution >= 4 is 28.3 Å². The maximum absolute atomic E-state index is 12.9. The maximum atomic E-state index is 12.9. The first kappa shape index (κ1) is 18.9. The van der Waals surface area contributed by atoms with Gasteiger partial charge in [0.1, 0.15) is 11.5 Å². The number of fused-ring (bicyclic) bond motifs is 2. The normalized spacial score (nSPS) is 13.5. The molecule has 1 aliphatic heterocycles. The van der Waals surface area contributed by atoms with Crippen LogP contribution < -0.4 is 0 Å². The number of benzene rings is 1. The van der Waals surface area contributed by atoms with Crippen LogP contribution in [0.1, 0.15) is 45.4 Å². The van der Waals surface area contributed by atoms with Crippen LogP contribution in [0.4, 0.5) is 0 Å². The SMILES string of the molecule is O=C(c1csc(CCCCc2nc3ccccc3[nH]2)n1)N1CCc2ncccc2C1. The number of para-hydroxylation sites is 2. The van der Waals surface area contributed by atoms with E-state index in [1.165, 1.54) is 0 Å². The Bertz CT molecular complexity index is 1150. The third-order valence-electron chi connectivity index (χ3n) is 5.51. The summed E-state index contributed by atoms with van der Waals surface area (Å²) >= 11 is 1.58. The van der Waals surface area contributed by atoms with E-state index >= 15 is 0 Å². The molecule has 1 aliphatic rings. The average Bonchev–Trinajstić information content (AvgIpc) is 3.42. The Morgan fingerprint density at radius 3 is 2.93 bits per heavy atom. The van der Waals surface area contributed by atoms with E-state index in [1.807, 2.05) is 40.7 Å².